The number of piperidine rings is 1. The van der Waals surface area contributed by atoms with Gasteiger partial charge in [0.15, 0.2) is 0 Å². The first-order chi connectivity index (χ1) is 12.7. The molecule has 1 saturated carbocycles. The predicted octanol–water partition coefficient (Wildman–Crippen LogP) is 2.58. The highest BCUT2D eigenvalue weighted by Gasteiger charge is 2.49. The van der Waals surface area contributed by atoms with Crippen LogP contribution in [0.3, 0.4) is 0 Å². The quantitative estimate of drug-likeness (QED) is 0.831. The lowest BCUT2D eigenvalue weighted by molar-refractivity contribution is -0.146. The van der Waals surface area contributed by atoms with Gasteiger partial charge in [-0.15, -0.1) is 0 Å². The normalized spacial score (nSPS) is 26.1. The Hall–Kier alpha value is -2.29. The van der Waals surface area contributed by atoms with Crippen molar-refractivity contribution < 1.29 is 9.53 Å². The molecule has 1 aliphatic carbocycles. The van der Waals surface area contributed by atoms with E-state index in [0.717, 1.165) is 44.6 Å². The third-order valence-electron chi connectivity index (χ3n) is 6.42. The number of ether oxygens (including phenoxy) is 1. The lowest BCUT2D eigenvalue weighted by atomic mass is 9.77. The van der Waals surface area contributed by atoms with Gasteiger partial charge in [0.1, 0.15) is 11.6 Å². The van der Waals surface area contributed by atoms with E-state index in [0.29, 0.717) is 29.8 Å². The molecule has 0 bridgehead atoms. The fourth-order valence-corrected chi connectivity index (χ4v) is 4.73. The summed E-state index contributed by atoms with van der Waals surface area (Å²) in [5.41, 5.74) is 1.01. The number of anilines is 1. The van der Waals surface area contributed by atoms with Crippen LogP contribution in [0.15, 0.2) is 12.3 Å². The molecule has 1 aromatic heterocycles. The number of likely N-dealkylation sites (tertiary alicyclic amines) is 1. The van der Waals surface area contributed by atoms with Crippen molar-refractivity contribution in [3.05, 3.63) is 17.8 Å². The van der Waals surface area contributed by atoms with Crippen LogP contribution in [0.5, 0.6) is 5.88 Å². The number of aromatic nitrogens is 1. The van der Waals surface area contributed by atoms with Crippen molar-refractivity contribution in [2.24, 2.45) is 11.3 Å². The van der Waals surface area contributed by atoms with Gasteiger partial charge >= 0.3 is 0 Å². The van der Waals surface area contributed by atoms with Crippen LogP contribution in [0.25, 0.3) is 0 Å². The SMILES string of the molecule is COc1nccc(N2CC[C@]3(CCCN(CC4CCC4)C3=O)C2)c1C#N. The Bertz CT molecular complexity index is 740. The number of pyridine rings is 1. The average molecular weight is 354 g/mol. The van der Waals surface area contributed by atoms with E-state index in [1.54, 1.807) is 6.20 Å². The zero-order valence-electron chi connectivity index (χ0n) is 15.4. The first kappa shape index (κ1) is 17.1. The molecule has 1 aromatic rings. The van der Waals surface area contributed by atoms with E-state index in [4.69, 9.17) is 4.74 Å². The number of rotatable bonds is 4. The van der Waals surface area contributed by atoms with Crippen LogP contribution in [-0.4, -0.2) is 49.1 Å². The molecule has 4 rings (SSSR count). The second-order valence-corrected chi connectivity index (χ2v) is 7.93. The minimum atomic E-state index is -0.286. The van der Waals surface area contributed by atoms with E-state index in [1.807, 2.05) is 6.07 Å². The second-order valence-electron chi connectivity index (χ2n) is 7.93. The number of carbonyl (C=O) groups excluding carboxylic acids is 1. The summed E-state index contributed by atoms with van der Waals surface area (Å²) in [5.74, 6) is 1.39. The zero-order chi connectivity index (χ0) is 18.1. The van der Waals surface area contributed by atoms with Gasteiger partial charge in [-0.25, -0.2) is 4.98 Å². The summed E-state index contributed by atoms with van der Waals surface area (Å²) in [5, 5.41) is 9.55. The maximum Gasteiger partial charge on any atom is 0.233 e. The smallest absolute Gasteiger partial charge is 0.233 e. The molecular weight excluding hydrogens is 328 g/mol. The summed E-state index contributed by atoms with van der Waals surface area (Å²) < 4.78 is 5.24. The van der Waals surface area contributed by atoms with Gasteiger partial charge in [0.25, 0.3) is 0 Å². The zero-order valence-corrected chi connectivity index (χ0v) is 15.4. The minimum Gasteiger partial charge on any atom is -0.480 e. The molecule has 0 aromatic carbocycles. The Labute approximate surface area is 154 Å². The van der Waals surface area contributed by atoms with Gasteiger partial charge in [-0.2, -0.15) is 5.26 Å². The lowest BCUT2D eigenvalue weighted by Crippen LogP contribution is -2.51. The van der Waals surface area contributed by atoms with E-state index in [-0.39, 0.29) is 5.41 Å². The van der Waals surface area contributed by atoms with Crippen LogP contribution < -0.4 is 9.64 Å². The van der Waals surface area contributed by atoms with Gasteiger partial charge in [-0.05, 0) is 44.1 Å². The first-order valence-corrected chi connectivity index (χ1v) is 9.64. The molecule has 2 aliphatic heterocycles. The summed E-state index contributed by atoms with van der Waals surface area (Å²) in [6, 6.07) is 4.08. The summed E-state index contributed by atoms with van der Waals surface area (Å²) in [6.07, 6.45) is 8.42. The van der Waals surface area contributed by atoms with Crippen LogP contribution in [0.1, 0.15) is 44.1 Å². The monoisotopic (exact) mass is 354 g/mol. The Morgan fingerprint density at radius 1 is 1.35 bits per heavy atom. The van der Waals surface area contributed by atoms with Crippen molar-refractivity contribution in [2.75, 3.05) is 38.2 Å². The molecule has 0 unspecified atom stereocenters. The standard InChI is InChI=1S/C20H26N4O2/c1-26-18-16(12-21)17(6-9-22-18)24-11-8-20(14-24)7-3-10-23(19(20)25)13-15-4-2-5-15/h6,9,15H,2-5,7-8,10-11,13-14H2,1H3/t20-/m1/s1. The average Bonchev–Trinajstić information content (AvgIpc) is 3.05. The van der Waals surface area contributed by atoms with Gasteiger partial charge in [0, 0.05) is 32.4 Å². The van der Waals surface area contributed by atoms with E-state index < -0.39 is 0 Å². The van der Waals surface area contributed by atoms with Crippen molar-refractivity contribution in [3.63, 3.8) is 0 Å². The summed E-state index contributed by atoms with van der Waals surface area (Å²) in [7, 11) is 1.53. The molecule has 2 saturated heterocycles. The van der Waals surface area contributed by atoms with Gasteiger partial charge in [0.05, 0.1) is 18.2 Å². The number of nitrogens with zero attached hydrogens (tertiary/aromatic N) is 4. The highest BCUT2D eigenvalue weighted by Crippen LogP contribution is 2.43. The molecule has 1 spiro atoms. The number of nitriles is 1. The molecule has 3 aliphatic rings. The van der Waals surface area contributed by atoms with Crippen LogP contribution in [-0.2, 0) is 4.79 Å². The summed E-state index contributed by atoms with van der Waals surface area (Å²) >= 11 is 0. The molecule has 1 atom stereocenters. The van der Waals surface area contributed by atoms with Crippen LogP contribution in [0, 0.1) is 22.7 Å². The van der Waals surface area contributed by atoms with Crippen LogP contribution in [0.4, 0.5) is 5.69 Å². The van der Waals surface area contributed by atoms with Crippen molar-refractivity contribution in [1.82, 2.24) is 9.88 Å². The van der Waals surface area contributed by atoms with E-state index >= 15 is 0 Å². The number of carbonyl (C=O) groups is 1. The molecule has 1 amide bonds. The van der Waals surface area contributed by atoms with Crippen molar-refractivity contribution in [3.8, 4) is 11.9 Å². The highest BCUT2D eigenvalue weighted by atomic mass is 16.5. The second kappa shape index (κ2) is 6.79. The van der Waals surface area contributed by atoms with Gasteiger partial charge in [0.2, 0.25) is 11.8 Å². The molecule has 26 heavy (non-hydrogen) atoms. The van der Waals surface area contributed by atoms with Crippen LogP contribution >= 0.6 is 0 Å². The largest absolute Gasteiger partial charge is 0.480 e. The van der Waals surface area contributed by atoms with E-state index in [1.165, 1.54) is 26.4 Å². The predicted molar refractivity (Wildman–Crippen MR) is 97.9 cm³/mol. The number of methoxy groups -OCH3 is 1. The fourth-order valence-electron chi connectivity index (χ4n) is 4.73. The minimum absolute atomic E-state index is 0.286. The third kappa shape index (κ3) is 2.80. The number of hydrogen-bond acceptors (Lipinski definition) is 5. The Balaban J connectivity index is 1.54. The summed E-state index contributed by atoms with van der Waals surface area (Å²) in [4.78, 5) is 21.7. The molecular formula is C20H26N4O2. The topological polar surface area (TPSA) is 69.5 Å². The Morgan fingerprint density at radius 2 is 2.19 bits per heavy atom. The fraction of sp³-hybridized carbons (Fsp3) is 0.650. The summed E-state index contributed by atoms with van der Waals surface area (Å²) in [6.45, 7) is 3.33. The van der Waals surface area contributed by atoms with Gasteiger partial charge in [-0.1, -0.05) is 6.42 Å². The van der Waals surface area contributed by atoms with E-state index in [9.17, 15) is 10.1 Å². The van der Waals surface area contributed by atoms with E-state index in [2.05, 4.69) is 20.9 Å². The van der Waals surface area contributed by atoms with Crippen molar-refractivity contribution in [1.29, 1.82) is 5.26 Å². The molecule has 3 fully saturated rings. The molecule has 6 heteroatoms. The molecule has 0 radical (unpaired) electrons. The molecule has 3 heterocycles. The maximum absolute atomic E-state index is 13.3. The lowest BCUT2D eigenvalue weighted by Gasteiger charge is -2.42. The first-order valence-electron chi connectivity index (χ1n) is 9.64. The van der Waals surface area contributed by atoms with Crippen molar-refractivity contribution in [2.45, 2.75) is 38.5 Å². The van der Waals surface area contributed by atoms with Crippen LogP contribution in [0.2, 0.25) is 0 Å². The molecule has 138 valence electrons. The van der Waals surface area contributed by atoms with Gasteiger partial charge < -0.3 is 14.5 Å². The highest BCUT2D eigenvalue weighted by molar-refractivity contribution is 5.85. The Kier molecular flexibility index (Phi) is 4.47. The van der Waals surface area contributed by atoms with Gasteiger partial charge in [-0.3, -0.25) is 4.79 Å². The van der Waals surface area contributed by atoms with Crippen molar-refractivity contribution >= 4 is 11.6 Å². The molecule has 6 nitrogen and oxygen atoms in total. The molecule has 0 N–H and O–H groups in total. The third-order valence-corrected chi connectivity index (χ3v) is 6.42. The Morgan fingerprint density at radius 3 is 2.88 bits per heavy atom. The maximum atomic E-state index is 13.3. The number of amides is 1. The number of hydrogen-bond donors (Lipinski definition) is 0.